The number of halogens is 3. The first-order chi connectivity index (χ1) is 11.3. The van der Waals surface area contributed by atoms with E-state index in [0.717, 1.165) is 17.1 Å². The molecule has 2 aromatic rings. The van der Waals surface area contributed by atoms with Gasteiger partial charge in [0, 0.05) is 0 Å². The van der Waals surface area contributed by atoms with Crippen LogP contribution < -0.4 is 5.01 Å². The van der Waals surface area contributed by atoms with Crippen LogP contribution in [0, 0.1) is 6.92 Å². The van der Waals surface area contributed by atoms with Gasteiger partial charge in [-0.1, -0.05) is 6.07 Å². The first kappa shape index (κ1) is 16.0. The molecule has 1 aromatic heterocycles. The van der Waals surface area contributed by atoms with Crippen molar-refractivity contribution in [2.75, 3.05) is 5.01 Å². The molecule has 124 valence electrons. The summed E-state index contributed by atoms with van der Waals surface area (Å²) in [5.41, 5.74) is -0.0823. The minimum Gasteiger partial charge on any atom is -0.462 e. The van der Waals surface area contributed by atoms with Gasteiger partial charge in [-0.3, -0.25) is 4.79 Å². The van der Waals surface area contributed by atoms with E-state index < -0.39 is 17.6 Å². The van der Waals surface area contributed by atoms with Crippen molar-refractivity contribution in [3.05, 3.63) is 59.1 Å². The maximum Gasteiger partial charge on any atom is 0.416 e. The number of aryl methyl sites for hydroxylation is 1. The lowest BCUT2D eigenvalue weighted by Crippen LogP contribution is -2.21. The van der Waals surface area contributed by atoms with Crippen molar-refractivity contribution in [3.8, 4) is 0 Å². The minimum atomic E-state index is -4.48. The standard InChI is InChI=1S/C17H13F3N2O2/c1-10-6-7-14(24-10)9-15-11(2)21-22(16(15)23)13-5-3-4-12(8-13)17(18,19)20/h3-9H,1-2H3/b15-9-. The Kier molecular flexibility index (Phi) is 3.79. The lowest BCUT2D eigenvalue weighted by molar-refractivity contribution is -0.137. The summed E-state index contributed by atoms with van der Waals surface area (Å²) in [6.45, 7) is 3.39. The lowest BCUT2D eigenvalue weighted by Gasteiger charge is -2.14. The molecule has 1 aliphatic heterocycles. The zero-order chi connectivity index (χ0) is 17.5. The third-order valence-corrected chi connectivity index (χ3v) is 3.53. The van der Waals surface area contributed by atoms with E-state index in [4.69, 9.17) is 4.42 Å². The van der Waals surface area contributed by atoms with Crippen LogP contribution in [0.4, 0.5) is 18.9 Å². The van der Waals surface area contributed by atoms with Crippen molar-refractivity contribution in [1.29, 1.82) is 0 Å². The van der Waals surface area contributed by atoms with Gasteiger partial charge in [-0.05, 0) is 50.3 Å². The van der Waals surface area contributed by atoms with Crippen LogP contribution in [0.3, 0.4) is 0 Å². The van der Waals surface area contributed by atoms with Crippen LogP contribution in [0.1, 0.15) is 24.0 Å². The molecule has 0 atom stereocenters. The van der Waals surface area contributed by atoms with E-state index >= 15 is 0 Å². The van der Waals surface area contributed by atoms with Crippen molar-refractivity contribution in [3.63, 3.8) is 0 Å². The molecule has 7 heteroatoms. The number of alkyl halides is 3. The topological polar surface area (TPSA) is 45.8 Å². The zero-order valence-corrected chi connectivity index (χ0v) is 12.9. The first-order valence-electron chi connectivity index (χ1n) is 7.11. The molecule has 24 heavy (non-hydrogen) atoms. The summed E-state index contributed by atoms with van der Waals surface area (Å²) in [5, 5.41) is 5.03. The Hall–Kier alpha value is -2.83. The number of hydrogen-bond donors (Lipinski definition) is 0. The highest BCUT2D eigenvalue weighted by Gasteiger charge is 2.33. The largest absolute Gasteiger partial charge is 0.462 e. The number of anilines is 1. The molecule has 0 aliphatic carbocycles. The molecule has 0 unspecified atom stereocenters. The Balaban J connectivity index is 1.95. The molecule has 0 spiro atoms. The molecular formula is C17H13F3N2O2. The Morgan fingerprint density at radius 1 is 1.17 bits per heavy atom. The first-order valence-corrected chi connectivity index (χ1v) is 7.11. The molecule has 1 amide bonds. The van der Waals surface area contributed by atoms with Crippen molar-refractivity contribution >= 4 is 23.4 Å². The number of nitrogens with zero attached hydrogens (tertiary/aromatic N) is 2. The summed E-state index contributed by atoms with van der Waals surface area (Å²) in [7, 11) is 0. The molecular weight excluding hydrogens is 321 g/mol. The van der Waals surface area contributed by atoms with Crippen LogP contribution in [0.5, 0.6) is 0 Å². The van der Waals surface area contributed by atoms with Gasteiger partial charge in [0.1, 0.15) is 11.5 Å². The van der Waals surface area contributed by atoms with Gasteiger partial charge in [-0.2, -0.15) is 23.3 Å². The van der Waals surface area contributed by atoms with E-state index in [1.165, 1.54) is 18.2 Å². The molecule has 1 aliphatic rings. The quantitative estimate of drug-likeness (QED) is 0.764. The number of rotatable bonds is 2. The highest BCUT2D eigenvalue weighted by atomic mass is 19.4. The SMILES string of the molecule is CC1=NN(c2cccc(C(F)(F)F)c2)C(=O)/C1=C\c1ccc(C)o1. The summed E-state index contributed by atoms with van der Waals surface area (Å²) in [4.78, 5) is 12.5. The Morgan fingerprint density at radius 2 is 1.92 bits per heavy atom. The Labute approximate surface area is 135 Å². The normalized spacial score (nSPS) is 16.9. The summed E-state index contributed by atoms with van der Waals surface area (Å²) in [6.07, 6.45) is -2.95. The van der Waals surface area contributed by atoms with Gasteiger partial charge in [0.15, 0.2) is 0 Å². The van der Waals surface area contributed by atoms with Gasteiger partial charge < -0.3 is 4.42 Å². The van der Waals surface area contributed by atoms with E-state index in [9.17, 15) is 18.0 Å². The number of hydrogen-bond acceptors (Lipinski definition) is 3. The van der Waals surface area contributed by atoms with E-state index in [0.29, 0.717) is 17.2 Å². The fourth-order valence-electron chi connectivity index (χ4n) is 2.35. The fourth-order valence-corrected chi connectivity index (χ4v) is 2.35. The monoisotopic (exact) mass is 334 g/mol. The van der Waals surface area contributed by atoms with E-state index in [-0.39, 0.29) is 11.3 Å². The second-order valence-electron chi connectivity index (χ2n) is 5.36. The van der Waals surface area contributed by atoms with E-state index in [1.54, 1.807) is 26.0 Å². The average Bonchev–Trinajstić information content (AvgIpc) is 3.05. The molecule has 2 heterocycles. The lowest BCUT2D eigenvalue weighted by atomic mass is 10.1. The van der Waals surface area contributed by atoms with Crippen LogP contribution in [0.25, 0.3) is 6.08 Å². The second kappa shape index (κ2) is 5.67. The second-order valence-corrected chi connectivity index (χ2v) is 5.36. The number of furan rings is 1. The highest BCUT2D eigenvalue weighted by molar-refractivity contribution is 6.32. The van der Waals surface area contributed by atoms with Crippen molar-refractivity contribution in [2.24, 2.45) is 5.10 Å². The van der Waals surface area contributed by atoms with E-state index in [2.05, 4.69) is 5.10 Å². The summed E-state index contributed by atoms with van der Waals surface area (Å²) >= 11 is 0. The van der Waals surface area contributed by atoms with Crippen LogP contribution in [-0.4, -0.2) is 11.6 Å². The summed E-state index contributed by atoms with van der Waals surface area (Å²) in [5.74, 6) is 0.675. The molecule has 0 N–H and O–H groups in total. The maximum atomic E-state index is 12.8. The number of carbonyl (C=O) groups excluding carboxylic acids is 1. The van der Waals surface area contributed by atoms with Gasteiger partial charge in [0.25, 0.3) is 5.91 Å². The van der Waals surface area contributed by atoms with Gasteiger partial charge in [-0.25, -0.2) is 0 Å². The zero-order valence-electron chi connectivity index (χ0n) is 12.9. The van der Waals surface area contributed by atoms with Crippen molar-refractivity contribution in [2.45, 2.75) is 20.0 Å². The van der Waals surface area contributed by atoms with Crippen molar-refractivity contribution in [1.82, 2.24) is 0 Å². The predicted octanol–water partition coefficient (Wildman–Crippen LogP) is 4.41. The smallest absolute Gasteiger partial charge is 0.416 e. The van der Waals surface area contributed by atoms with Gasteiger partial charge >= 0.3 is 6.18 Å². The number of carbonyl (C=O) groups is 1. The van der Waals surface area contributed by atoms with Gasteiger partial charge in [0.05, 0.1) is 22.5 Å². The summed E-state index contributed by atoms with van der Waals surface area (Å²) < 4.78 is 43.9. The molecule has 3 rings (SSSR count). The third-order valence-electron chi connectivity index (χ3n) is 3.53. The molecule has 0 saturated carbocycles. The van der Waals surface area contributed by atoms with Crippen molar-refractivity contribution < 1.29 is 22.4 Å². The molecule has 0 saturated heterocycles. The van der Waals surface area contributed by atoms with Crippen LogP contribution in [0.2, 0.25) is 0 Å². The van der Waals surface area contributed by atoms with E-state index in [1.807, 2.05) is 0 Å². The third kappa shape index (κ3) is 2.97. The Morgan fingerprint density at radius 3 is 2.54 bits per heavy atom. The number of hydrazone groups is 1. The molecule has 0 radical (unpaired) electrons. The number of amides is 1. The van der Waals surface area contributed by atoms with Gasteiger partial charge in [0.2, 0.25) is 0 Å². The van der Waals surface area contributed by atoms with Crippen LogP contribution >= 0.6 is 0 Å². The molecule has 4 nitrogen and oxygen atoms in total. The number of benzene rings is 1. The molecule has 1 aromatic carbocycles. The Bertz CT molecular complexity index is 863. The van der Waals surface area contributed by atoms with Gasteiger partial charge in [-0.15, -0.1) is 0 Å². The predicted molar refractivity (Wildman–Crippen MR) is 83.5 cm³/mol. The fraction of sp³-hybridized carbons (Fsp3) is 0.176. The highest BCUT2D eigenvalue weighted by Crippen LogP contribution is 2.33. The molecule has 0 fully saturated rings. The maximum absolute atomic E-state index is 12.8. The average molecular weight is 334 g/mol. The van der Waals surface area contributed by atoms with Crippen LogP contribution in [0.15, 0.2) is 51.5 Å². The van der Waals surface area contributed by atoms with Crippen LogP contribution in [-0.2, 0) is 11.0 Å². The molecule has 0 bridgehead atoms. The summed E-state index contributed by atoms with van der Waals surface area (Å²) in [6, 6.07) is 7.95. The minimum absolute atomic E-state index is 0.0631.